The Morgan fingerprint density at radius 2 is 1.00 bits per heavy atom. The summed E-state index contributed by atoms with van der Waals surface area (Å²) >= 11 is 0. The van der Waals surface area contributed by atoms with Crippen molar-refractivity contribution < 1.29 is 23.7 Å². The summed E-state index contributed by atoms with van der Waals surface area (Å²) in [5, 5.41) is 0. The van der Waals surface area contributed by atoms with Crippen LogP contribution in [-0.4, -0.2) is 102 Å². The van der Waals surface area contributed by atoms with Crippen LogP contribution in [0.15, 0.2) is 0 Å². The lowest BCUT2D eigenvalue weighted by atomic mass is 10.4. The minimum atomic E-state index is 0.424. The van der Waals surface area contributed by atoms with Crippen molar-refractivity contribution in [2.45, 2.75) is 0 Å². The number of rotatable bonds is 6. The second-order valence-corrected chi connectivity index (χ2v) is 5.16. The number of hydrogen-bond acceptors (Lipinski definition) is 7. The molecule has 0 unspecified atom stereocenters. The molecule has 0 bridgehead atoms. The second-order valence-electron chi connectivity index (χ2n) is 5.16. The first kappa shape index (κ1) is 17.1. The van der Waals surface area contributed by atoms with Crippen molar-refractivity contribution in [3.05, 3.63) is 0 Å². The van der Waals surface area contributed by atoms with Crippen LogP contribution < -0.4 is 0 Å². The van der Waals surface area contributed by atoms with E-state index in [4.69, 9.17) is 23.7 Å². The molecule has 0 aromatic heterocycles. The van der Waals surface area contributed by atoms with Crippen molar-refractivity contribution in [1.29, 1.82) is 0 Å². The van der Waals surface area contributed by atoms with Gasteiger partial charge < -0.3 is 23.7 Å². The molecule has 0 saturated carbocycles. The van der Waals surface area contributed by atoms with E-state index in [0.29, 0.717) is 13.6 Å². The Kier molecular flexibility index (Phi) is 9.20. The number of ether oxygens (including phenoxy) is 5. The molecular weight excluding hydrogens is 276 g/mol. The van der Waals surface area contributed by atoms with Gasteiger partial charge in [0.25, 0.3) is 0 Å². The molecule has 2 heterocycles. The molecule has 7 heteroatoms. The summed E-state index contributed by atoms with van der Waals surface area (Å²) in [6.07, 6.45) is 0. The van der Waals surface area contributed by atoms with Crippen LogP contribution in [0.2, 0.25) is 0 Å². The fraction of sp³-hybridized carbons (Fsp3) is 1.00. The van der Waals surface area contributed by atoms with Crippen LogP contribution in [0.3, 0.4) is 0 Å². The SMILES string of the molecule is C(CN1CCOCOCC1)OCCN1CCOCOCC1. The van der Waals surface area contributed by atoms with E-state index in [1.165, 1.54) is 0 Å². The van der Waals surface area contributed by atoms with Crippen molar-refractivity contribution in [3.63, 3.8) is 0 Å². The van der Waals surface area contributed by atoms with Gasteiger partial charge in [0, 0.05) is 39.3 Å². The highest BCUT2D eigenvalue weighted by molar-refractivity contribution is 4.60. The fourth-order valence-electron chi connectivity index (χ4n) is 2.29. The zero-order valence-corrected chi connectivity index (χ0v) is 12.8. The van der Waals surface area contributed by atoms with Crippen molar-refractivity contribution in [2.75, 3.05) is 92.5 Å². The smallest absolute Gasteiger partial charge is 0.146 e. The van der Waals surface area contributed by atoms with Crippen LogP contribution in [-0.2, 0) is 23.7 Å². The van der Waals surface area contributed by atoms with Crippen molar-refractivity contribution in [2.24, 2.45) is 0 Å². The maximum absolute atomic E-state index is 5.74. The summed E-state index contributed by atoms with van der Waals surface area (Å²) in [5.74, 6) is 0. The van der Waals surface area contributed by atoms with E-state index in [1.54, 1.807) is 0 Å². The van der Waals surface area contributed by atoms with Crippen LogP contribution in [0.25, 0.3) is 0 Å². The average Bonchev–Trinajstić information content (AvgIpc) is 2.42. The van der Waals surface area contributed by atoms with Gasteiger partial charge in [-0.15, -0.1) is 0 Å². The largest absolute Gasteiger partial charge is 0.379 e. The van der Waals surface area contributed by atoms with Gasteiger partial charge in [-0.2, -0.15) is 0 Å². The second kappa shape index (κ2) is 11.3. The molecule has 2 rings (SSSR count). The molecule has 0 N–H and O–H groups in total. The van der Waals surface area contributed by atoms with E-state index in [2.05, 4.69) is 9.80 Å². The predicted octanol–water partition coefficient (Wildman–Crippen LogP) is -0.384. The quantitative estimate of drug-likeness (QED) is 0.620. The normalized spacial score (nSPS) is 24.0. The van der Waals surface area contributed by atoms with Crippen molar-refractivity contribution in [1.82, 2.24) is 9.80 Å². The van der Waals surface area contributed by atoms with E-state index in [1.807, 2.05) is 0 Å². The van der Waals surface area contributed by atoms with Crippen LogP contribution >= 0.6 is 0 Å². The molecule has 0 aromatic rings. The lowest BCUT2D eigenvalue weighted by Gasteiger charge is -2.26. The monoisotopic (exact) mass is 304 g/mol. The highest BCUT2D eigenvalue weighted by Gasteiger charge is 2.09. The van der Waals surface area contributed by atoms with Crippen LogP contribution in [0.4, 0.5) is 0 Å². The Bertz CT molecular complexity index is 218. The molecule has 0 atom stereocenters. The highest BCUT2D eigenvalue weighted by Crippen LogP contribution is 1.97. The molecule has 2 aliphatic heterocycles. The van der Waals surface area contributed by atoms with E-state index in [9.17, 15) is 0 Å². The maximum Gasteiger partial charge on any atom is 0.146 e. The molecule has 0 spiro atoms. The Labute approximate surface area is 127 Å². The van der Waals surface area contributed by atoms with Gasteiger partial charge >= 0.3 is 0 Å². The van der Waals surface area contributed by atoms with E-state index in [0.717, 1.165) is 78.9 Å². The van der Waals surface area contributed by atoms with Crippen LogP contribution in [0.1, 0.15) is 0 Å². The van der Waals surface area contributed by atoms with Gasteiger partial charge in [0.15, 0.2) is 0 Å². The Hall–Kier alpha value is -0.280. The minimum Gasteiger partial charge on any atom is -0.379 e. The maximum atomic E-state index is 5.74. The number of nitrogens with zero attached hydrogens (tertiary/aromatic N) is 2. The molecule has 0 radical (unpaired) electrons. The van der Waals surface area contributed by atoms with E-state index < -0.39 is 0 Å². The standard InChI is InChI=1S/C14H28N2O5/c1(15-3-9-18-13-19-10-4-15)7-17-8-2-16-5-11-20-14-21-12-6-16/h1-14H2. The molecule has 0 amide bonds. The summed E-state index contributed by atoms with van der Waals surface area (Å²) in [7, 11) is 0. The third-order valence-corrected chi connectivity index (χ3v) is 3.64. The highest BCUT2D eigenvalue weighted by atomic mass is 16.7. The Morgan fingerprint density at radius 1 is 0.619 bits per heavy atom. The van der Waals surface area contributed by atoms with Gasteiger partial charge in [0.1, 0.15) is 13.6 Å². The van der Waals surface area contributed by atoms with Gasteiger partial charge in [-0.1, -0.05) is 0 Å². The Morgan fingerprint density at radius 3 is 1.38 bits per heavy atom. The summed E-state index contributed by atoms with van der Waals surface area (Å²) in [6, 6.07) is 0. The van der Waals surface area contributed by atoms with Gasteiger partial charge in [-0.3, -0.25) is 9.80 Å². The van der Waals surface area contributed by atoms with E-state index in [-0.39, 0.29) is 0 Å². The van der Waals surface area contributed by atoms with Crippen LogP contribution in [0.5, 0.6) is 0 Å². The molecule has 2 fully saturated rings. The molecule has 2 aliphatic rings. The van der Waals surface area contributed by atoms with Gasteiger partial charge in [-0.05, 0) is 0 Å². The molecule has 2 saturated heterocycles. The van der Waals surface area contributed by atoms with Gasteiger partial charge in [0.05, 0.1) is 39.6 Å². The molecule has 124 valence electrons. The lowest BCUT2D eigenvalue weighted by Crippen LogP contribution is -2.38. The summed E-state index contributed by atoms with van der Waals surface area (Å²) in [4.78, 5) is 4.63. The first-order chi connectivity index (χ1) is 10.4. The first-order valence-electron chi connectivity index (χ1n) is 7.78. The third kappa shape index (κ3) is 8.06. The van der Waals surface area contributed by atoms with E-state index >= 15 is 0 Å². The predicted molar refractivity (Wildman–Crippen MR) is 77.2 cm³/mol. The number of hydrogen-bond donors (Lipinski definition) is 0. The summed E-state index contributed by atoms with van der Waals surface area (Å²) in [6.45, 7) is 10.9. The molecule has 0 aliphatic carbocycles. The minimum absolute atomic E-state index is 0.424. The summed E-state index contributed by atoms with van der Waals surface area (Å²) < 4.78 is 26.9. The average molecular weight is 304 g/mol. The van der Waals surface area contributed by atoms with Crippen molar-refractivity contribution >= 4 is 0 Å². The first-order valence-corrected chi connectivity index (χ1v) is 7.78. The van der Waals surface area contributed by atoms with Gasteiger partial charge in [0.2, 0.25) is 0 Å². The molecular formula is C14H28N2O5. The molecule has 0 aromatic carbocycles. The Balaban J connectivity index is 1.48. The molecule has 21 heavy (non-hydrogen) atoms. The van der Waals surface area contributed by atoms with Crippen LogP contribution in [0, 0.1) is 0 Å². The zero-order chi connectivity index (χ0) is 14.6. The lowest BCUT2D eigenvalue weighted by molar-refractivity contribution is -0.0857. The fourth-order valence-corrected chi connectivity index (χ4v) is 2.29. The zero-order valence-electron chi connectivity index (χ0n) is 12.8. The van der Waals surface area contributed by atoms with Crippen molar-refractivity contribution in [3.8, 4) is 0 Å². The summed E-state index contributed by atoms with van der Waals surface area (Å²) in [5.41, 5.74) is 0. The third-order valence-electron chi connectivity index (χ3n) is 3.64. The molecule has 7 nitrogen and oxygen atoms in total. The van der Waals surface area contributed by atoms with Gasteiger partial charge in [-0.25, -0.2) is 0 Å². The topological polar surface area (TPSA) is 52.6 Å².